The van der Waals surface area contributed by atoms with Gasteiger partial charge in [-0.15, -0.1) is 0 Å². The summed E-state index contributed by atoms with van der Waals surface area (Å²) in [4.78, 5) is 0. The highest BCUT2D eigenvalue weighted by Crippen LogP contribution is 2.23. The van der Waals surface area contributed by atoms with Crippen molar-refractivity contribution < 1.29 is 9.15 Å². The smallest absolute Gasteiger partial charge is 0.134 e. The van der Waals surface area contributed by atoms with E-state index in [-0.39, 0.29) is 0 Å². The van der Waals surface area contributed by atoms with Gasteiger partial charge in [0.2, 0.25) is 0 Å². The van der Waals surface area contributed by atoms with Gasteiger partial charge in [0.25, 0.3) is 0 Å². The van der Waals surface area contributed by atoms with Crippen LogP contribution in [0.5, 0.6) is 5.75 Å². The Balaban J connectivity index is 1.85. The van der Waals surface area contributed by atoms with E-state index in [1.54, 1.807) is 7.11 Å². The van der Waals surface area contributed by atoms with E-state index >= 15 is 0 Å². The van der Waals surface area contributed by atoms with Crippen LogP contribution in [0.25, 0.3) is 23.1 Å². The third kappa shape index (κ3) is 2.88. The predicted molar refractivity (Wildman–Crippen MR) is 90.9 cm³/mol. The maximum Gasteiger partial charge on any atom is 0.134 e. The minimum atomic E-state index is 0.859. The summed E-state index contributed by atoms with van der Waals surface area (Å²) in [7, 11) is 1.67. The third-order valence-corrected chi connectivity index (χ3v) is 3.72. The maximum absolute atomic E-state index is 5.77. The van der Waals surface area contributed by atoms with Crippen LogP contribution in [-0.4, -0.2) is 7.11 Å². The Morgan fingerprint density at radius 1 is 1.00 bits per heavy atom. The molecule has 0 unspecified atom stereocenters. The fourth-order valence-electron chi connectivity index (χ4n) is 2.01. The third-order valence-electron chi connectivity index (χ3n) is 3.05. The molecule has 0 spiro atoms. The summed E-state index contributed by atoms with van der Waals surface area (Å²) in [6, 6.07) is 16.1. The van der Waals surface area contributed by atoms with Gasteiger partial charge in [-0.05, 0) is 70.6 Å². The highest BCUT2D eigenvalue weighted by Gasteiger charge is 2.01. The first-order valence-corrected chi connectivity index (χ1v) is 7.34. The molecule has 0 aliphatic heterocycles. The van der Waals surface area contributed by atoms with E-state index in [4.69, 9.17) is 9.15 Å². The van der Waals surface area contributed by atoms with E-state index in [2.05, 4.69) is 34.7 Å². The Kier molecular flexibility index (Phi) is 3.78. The number of rotatable bonds is 3. The number of benzene rings is 2. The van der Waals surface area contributed by atoms with Crippen molar-refractivity contribution in [3.05, 3.63) is 63.4 Å². The van der Waals surface area contributed by atoms with E-state index in [1.165, 1.54) is 3.57 Å². The van der Waals surface area contributed by atoms with E-state index < -0.39 is 0 Å². The summed E-state index contributed by atoms with van der Waals surface area (Å²) in [6.45, 7) is 0. The molecule has 0 radical (unpaired) electrons. The molecular weight excluding hydrogens is 363 g/mol. The molecule has 2 aromatic carbocycles. The van der Waals surface area contributed by atoms with Gasteiger partial charge >= 0.3 is 0 Å². The molecule has 1 aromatic heterocycles. The second kappa shape index (κ2) is 5.71. The molecule has 1 heterocycles. The van der Waals surface area contributed by atoms with E-state index in [0.29, 0.717) is 0 Å². The van der Waals surface area contributed by atoms with Gasteiger partial charge in [0, 0.05) is 8.96 Å². The number of methoxy groups -OCH3 is 1. The standard InChI is InChI=1S/C17H13IO2/c1-19-15-6-2-12(3-7-15)4-8-16-11-13-10-14(18)5-9-17(13)20-16/h2-11H,1H3. The average Bonchev–Trinajstić information content (AvgIpc) is 2.87. The van der Waals surface area contributed by atoms with Gasteiger partial charge in [0.1, 0.15) is 17.1 Å². The minimum Gasteiger partial charge on any atom is -0.497 e. The Bertz CT molecular complexity index is 754. The normalized spacial score (nSPS) is 11.3. The summed E-state index contributed by atoms with van der Waals surface area (Å²) in [5, 5.41) is 1.13. The summed E-state index contributed by atoms with van der Waals surface area (Å²) in [5.41, 5.74) is 2.03. The maximum atomic E-state index is 5.77. The van der Waals surface area contributed by atoms with Crippen LogP contribution in [0.1, 0.15) is 11.3 Å². The molecule has 100 valence electrons. The topological polar surface area (TPSA) is 22.4 Å². The van der Waals surface area contributed by atoms with Gasteiger partial charge in [0.15, 0.2) is 0 Å². The number of fused-ring (bicyclic) bond motifs is 1. The SMILES string of the molecule is COc1ccc(C=Cc2cc3cc(I)ccc3o2)cc1. The zero-order chi connectivity index (χ0) is 13.9. The molecule has 0 bridgehead atoms. The van der Waals surface area contributed by atoms with E-state index in [1.807, 2.05) is 48.6 Å². The van der Waals surface area contributed by atoms with Gasteiger partial charge in [-0.1, -0.05) is 18.2 Å². The molecular formula is C17H13IO2. The number of ether oxygens (including phenoxy) is 1. The molecule has 0 atom stereocenters. The number of furan rings is 1. The molecule has 0 saturated heterocycles. The van der Waals surface area contributed by atoms with Crippen LogP contribution in [-0.2, 0) is 0 Å². The van der Waals surface area contributed by atoms with Crippen LogP contribution in [0.4, 0.5) is 0 Å². The molecule has 0 saturated carbocycles. The highest BCUT2D eigenvalue weighted by atomic mass is 127. The molecule has 0 N–H and O–H groups in total. The van der Waals surface area contributed by atoms with Crippen LogP contribution >= 0.6 is 22.6 Å². The Morgan fingerprint density at radius 3 is 2.55 bits per heavy atom. The zero-order valence-corrected chi connectivity index (χ0v) is 13.1. The second-order valence-electron chi connectivity index (χ2n) is 4.44. The lowest BCUT2D eigenvalue weighted by atomic mass is 10.2. The van der Waals surface area contributed by atoms with Crippen molar-refractivity contribution in [1.29, 1.82) is 0 Å². The summed E-state index contributed by atoms with van der Waals surface area (Å²) < 4.78 is 12.1. The highest BCUT2D eigenvalue weighted by molar-refractivity contribution is 14.1. The molecule has 0 amide bonds. The largest absolute Gasteiger partial charge is 0.497 e. The second-order valence-corrected chi connectivity index (χ2v) is 5.68. The summed E-state index contributed by atoms with van der Waals surface area (Å²) in [5.74, 6) is 1.72. The van der Waals surface area contributed by atoms with Gasteiger partial charge in [-0.2, -0.15) is 0 Å². The van der Waals surface area contributed by atoms with Gasteiger partial charge in [-0.3, -0.25) is 0 Å². The first-order valence-electron chi connectivity index (χ1n) is 6.26. The molecule has 3 aromatic rings. The summed E-state index contributed by atoms with van der Waals surface area (Å²) in [6.07, 6.45) is 4.01. The first-order chi connectivity index (χ1) is 9.74. The van der Waals surface area contributed by atoms with Crippen molar-refractivity contribution >= 4 is 45.7 Å². The Labute approximate surface area is 131 Å². The van der Waals surface area contributed by atoms with Crippen molar-refractivity contribution in [2.24, 2.45) is 0 Å². The predicted octanol–water partition coefficient (Wildman–Crippen LogP) is 5.22. The van der Waals surface area contributed by atoms with E-state index in [0.717, 1.165) is 28.0 Å². The molecule has 0 fully saturated rings. The van der Waals surface area contributed by atoms with Crippen molar-refractivity contribution in [2.75, 3.05) is 7.11 Å². The fourth-order valence-corrected chi connectivity index (χ4v) is 2.53. The van der Waals surface area contributed by atoms with Gasteiger partial charge in [-0.25, -0.2) is 0 Å². The average molecular weight is 376 g/mol. The summed E-state index contributed by atoms with van der Waals surface area (Å²) >= 11 is 2.30. The van der Waals surface area contributed by atoms with Crippen molar-refractivity contribution in [3.8, 4) is 5.75 Å². The van der Waals surface area contributed by atoms with Gasteiger partial charge < -0.3 is 9.15 Å². The monoisotopic (exact) mass is 376 g/mol. The van der Waals surface area contributed by atoms with Crippen LogP contribution < -0.4 is 4.74 Å². The lowest BCUT2D eigenvalue weighted by Gasteiger charge is -1.98. The molecule has 2 nitrogen and oxygen atoms in total. The molecule has 0 aliphatic rings. The van der Waals surface area contributed by atoms with Crippen molar-refractivity contribution in [2.45, 2.75) is 0 Å². The molecule has 20 heavy (non-hydrogen) atoms. The van der Waals surface area contributed by atoms with Crippen molar-refractivity contribution in [1.82, 2.24) is 0 Å². The van der Waals surface area contributed by atoms with Crippen LogP contribution in [0.15, 0.2) is 52.9 Å². The lowest BCUT2D eigenvalue weighted by Crippen LogP contribution is -1.81. The first kappa shape index (κ1) is 13.2. The van der Waals surface area contributed by atoms with Crippen LogP contribution in [0.3, 0.4) is 0 Å². The number of hydrogen-bond acceptors (Lipinski definition) is 2. The van der Waals surface area contributed by atoms with Crippen LogP contribution in [0, 0.1) is 3.57 Å². The zero-order valence-electron chi connectivity index (χ0n) is 11.0. The van der Waals surface area contributed by atoms with Crippen LogP contribution in [0.2, 0.25) is 0 Å². The lowest BCUT2D eigenvalue weighted by molar-refractivity contribution is 0.415. The Morgan fingerprint density at radius 2 is 1.80 bits per heavy atom. The number of halogens is 1. The van der Waals surface area contributed by atoms with E-state index in [9.17, 15) is 0 Å². The molecule has 0 aliphatic carbocycles. The molecule has 3 rings (SSSR count). The van der Waals surface area contributed by atoms with Crippen molar-refractivity contribution in [3.63, 3.8) is 0 Å². The Hall–Kier alpha value is -1.75. The molecule has 3 heteroatoms. The quantitative estimate of drug-likeness (QED) is 0.585. The minimum absolute atomic E-state index is 0.859. The van der Waals surface area contributed by atoms with Gasteiger partial charge in [0.05, 0.1) is 7.11 Å². The fraction of sp³-hybridized carbons (Fsp3) is 0.0588. The number of hydrogen-bond donors (Lipinski definition) is 0.